The Morgan fingerprint density at radius 2 is 2.00 bits per heavy atom. The second kappa shape index (κ2) is 3.14. The maximum atomic E-state index is 11.5. The van der Waals surface area contributed by atoms with Gasteiger partial charge in [0.15, 0.2) is 0 Å². The molecule has 2 rings (SSSR count). The molecule has 0 amide bonds. The van der Waals surface area contributed by atoms with Crippen molar-refractivity contribution in [1.82, 2.24) is 4.98 Å². The summed E-state index contributed by atoms with van der Waals surface area (Å²) in [5, 5.41) is 0.512. The zero-order valence-electron chi connectivity index (χ0n) is 8.02. The first-order valence-corrected chi connectivity index (χ1v) is 4.25. The molecule has 1 heterocycles. The fourth-order valence-corrected chi connectivity index (χ4v) is 1.20. The lowest BCUT2D eigenvalue weighted by molar-refractivity contribution is 0.503. The summed E-state index contributed by atoms with van der Waals surface area (Å²) >= 11 is 0. The van der Waals surface area contributed by atoms with Gasteiger partial charge in [0.05, 0.1) is 10.9 Å². The molecule has 0 saturated carbocycles. The van der Waals surface area contributed by atoms with Crippen molar-refractivity contribution in [2.75, 3.05) is 19.0 Å². The van der Waals surface area contributed by atoms with Crippen LogP contribution < -0.4 is 10.5 Å². The van der Waals surface area contributed by atoms with Gasteiger partial charge in [0, 0.05) is 14.1 Å². The van der Waals surface area contributed by atoms with Gasteiger partial charge in [-0.25, -0.2) is 4.79 Å². The van der Waals surface area contributed by atoms with Crippen molar-refractivity contribution in [1.29, 1.82) is 0 Å². The van der Waals surface area contributed by atoms with Crippen LogP contribution in [-0.2, 0) is 0 Å². The van der Waals surface area contributed by atoms with Gasteiger partial charge in [-0.3, -0.25) is 0 Å². The van der Waals surface area contributed by atoms with Crippen LogP contribution in [0.15, 0.2) is 33.5 Å². The molecule has 0 aliphatic heterocycles. The maximum Gasteiger partial charge on any atom is 0.348 e. The van der Waals surface area contributed by atoms with E-state index in [0.717, 1.165) is 0 Å². The molecular formula is C10H10N2O2. The highest BCUT2D eigenvalue weighted by Crippen LogP contribution is 2.11. The van der Waals surface area contributed by atoms with Crippen LogP contribution >= 0.6 is 0 Å². The van der Waals surface area contributed by atoms with Crippen LogP contribution in [0.5, 0.6) is 0 Å². The molecule has 0 spiro atoms. The van der Waals surface area contributed by atoms with E-state index >= 15 is 0 Å². The van der Waals surface area contributed by atoms with Crippen LogP contribution in [0.1, 0.15) is 0 Å². The van der Waals surface area contributed by atoms with Crippen molar-refractivity contribution in [3.8, 4) is 0 Å². The largest absolute Gasteiger partial charge is 0.389 e. The first-order valence-electron chi connectivity index (χ1n) is 4.25. The molecule has 0 aliphatic carbocycles. The first-order chi connectivity index (χ1) is 6.68. The zero-order valence-corrected chi connectivity index (χ0v) is 8.02. The van der Waals surface area contributed by atoms with E-state index in [9.17, 15) is 4.79 Å². The molecule has 1 aromatic carbocycles. The van der Waals surface area contributed by atoms with E-state index < -0.39 is 0 Å². The van der Waals surface area contributed by atoms with Gasteiger partial charge in [-0.2, -0.15) is 4.98 Å². The molecule has 0 atom stereocenters. The Morgan fingerprint density at radius 3 is 2.71 bits per heavy atom. The third-order valence-electron chi connectivity index (χ3n) is 1.91. The molecule has 0 unspecified atom stereocenters. The topological polar surface area (TPSA) is 46.3 Å². The van der Waals surface area contributed by atoms with Crippen molar-refractivity contribution < 1.29 is 4.42 Å². The highest BCUT2D eigenvalue weighted by atomic mass is 16.4. The van der Waals surface area contributed by atoms with Gasteiger partial charge in [0.2, 0.25) is 0 Å². The van der Waals surface area contributed by atoms with E-state index in [1.54, 1.807) is 37.2 Å². The summed E-state index contributed by atoms with van der Waals surface area (Å²) in [5.74, 6) is 0. The van der Waals surface area contributed by atoms with E-state index in [-0.39, 0.29) is 5.63 Å². The van der Waals surface area contributed by atoms with E-state index in [1.165, 1.54) is 0 Å². The smallest absolute Gasteiger partial charge is 0.348 e. The number of nitrogens with zero attached hydrogens (tertiary/aromatic N) is 2. The molecule has 0 N–H and O–H groups in total. The fraction of sp³-hybridized carbons (Fsp3) is 0.200. The highest BCUT2D eigenvalue weighted by molar-refractivity contribution is 5.77. The summed E-state index contributed by atoms with van der Waals surface area (Å²) in [6.45, 7) is 0. The second-order valence-corrected chi connectivity index (χ2v) is 3.20. The SMILES string of the molecule is CN(C)c1nc2ccccc2c(=O)o1. The number of hydrogen-bond donors (Lipinski definition) is 0. The molecule has 0 bridgehead atoms. The molecule has 4 nitrogen and oxygen atoms in total. The fourth-order valence-electron chi connectivity index (χ4n) is 1.20. The van der Waals surface area contributed by atoms with Crippen molar-refractivity contribution >= 4 is 16.9 Å². The Balaban J connectivity index is 2.79. The number of benzene rings is 1. The first kappa shape index (κ1) is 8.74. The Morgan fingerprint density at radius 1 is 1.29 bits per heavy atom. The van der Waals surface area contributed by atoms with Crippen LogP contribution in [0, 0.1) is 0 Å². The Bertz CT molecular complexity index is 517. The van der Waals surface area contributed by atoms with Crippen LogP contribution in [0.25, 0.3) is 10.9 Å². The van der Waals surface area contributed by atoms with Gasteiger partial charge in [0.25, 0.3) is 6.01 Å². The van der Waals surface area contributed by atoms with E-state index in [0.29, 0.717) is 16.9 Å². The maximum absolute atomic E-state index is 11.5. The van der Waals surface area contributed by atoms with Crippen molar-refractivity contribution in [2.45, 2.75) is 0 Å². The molecule has 0 saturated heterocycles. The normalized spacial score (nSPS) is 10.4. The molecule has 4 heteroatoms. The van der Waals surface area contributed by atoms with Crippen LogP contribution in [-0.4, -0.2) is 19.1 Å². The summed E-state index contributed by atoms with van der Waals surface area (Å²) in [6.07, 6.45) is 0. The van der Waals surface area contributed by atoms with E-state index in [4.69, 9.17) is 4.42 Å². The predicted molar refractivity (Wildman–Crippen MR) is 54.6 cm³/mol. The monoisotopic (exact) mass is 190 g/mol. The molecule has 72 valence electrons. The van der Waals surface area contributed by atoms with Crippen LogP contribution in [0.4, 0.5) is 6.01 Å². The lowest BCUT2D eigenvalue weighted by Crippen LogP contribution is -2.14. The van der Waals surface area contributed by atoms with E-state index in [2.05, 4.69) is 4.98 Å². The van der Waals surface area contributed by atoms with E-state index in [1.807, 2.05) is 6.07 Å². The third kappa shape index (κ3) is 1.35. The highest BCUT2D eigenvalue weighted by Gasteiger charge is 2.05. The van der Waals surface area contributed by atoms with Gasteiger partial charge < -0.3 is 9.32 Å². The molecule has 0 fully saturated rings. The number of rotatable bonds is 1. The lowest BCUT2D eigenvalue weighted by Gasteiger charge is -2.08. The van der Waals surface area contributed by atoms with Gasteiger partial charge in [-0.05, 0) is 12.1 Å². The van der Waals surface area contributed by atoms with Crippen LogP contribution in [0.2, 0.25) is 0 Å². The summed E-state index contributed by atoms with van der Waals surface area (Å²) in [5.41, 5.74) is 0.312. The second-order valence-electron chi connectivity index (χ2n) is 3.20. The van der Waals surface area contributed by atoms with Crippen molar-refractivity contribution in [3.05, 3.63) is 34.7 Å². The van der Waals surface area contributed by atoms with Crippen molar-refractivity contribution in [3.63, 3.8) is 0 Å². The molecule has 14 heavy (non-hydrogen) atoms. The van der Waals surface area contributed by atoms with Crippen LogP contribution in [0.3, 0.4) is 0 Å². The molecular weight excluding hydrogens is 180 g/mol. The molecule has 1 aromatic heterocycles. The minimum atomic E-state index is -0.348. The number of anilines is 1. The van der Waals surface area contributed by atoms with Crippen molar-refractivity contribution in [2.24, 2.45) is 0 Å². The van der Waals surface area contributed by atoms with Gasteiger partial charge in [0.1, 0.15) is 0 Å². The summed E-state index contributed by atoms with van der Waals surface area (Å²) in [7, 11) is 3.56. The number of fused-ring (bicyclic) bond motifs is 1. The average molecular weight is 190 g/mol. The number of para-hydroxylation sites is 1. The minimum absolute atomic E-state index is 0.328. The Labute approximate surface area is 80.8 Å². The van der Waals surface area contributed by atoms with Gasteiger partial charge >= 0.3 is 5.63 Å². The molecule has 0 aliphatic rings. The Hall–Kier alpha value is -1.84. The summed E-state index contributed by atoms with van der Waals surface area (Å²) < 4.78 is 5.01. The number of aromatic nitrogens is 1. The molecule has 2 aromatic rings. The predicted octanol–water partition coefficient (Wildman–Crippen LogP) is 1.25. The lowest BCUT2D eigenvalue weighted by atomic mass is 10.2. The molecule has 0 radical (unpaired) electrons. The minimum Gasteiger partial charge on any atom is -0.389 e. The average Bonchev–Trinajstić information content (AvgIpc) is 2.17. The van der Waals surface area contributed by atoms with Gasteiger partial charge in [-0.15, -0.1) is 0 Å². The standard InChI is InChI=1S/C10H10N2O2/c1-12(2)10-11-8-6-4-3-5-7(8)9(13)14-10/h3-6H,1-2H3. The van der Waals surface area contributed by atoms with Gasteiger partial charge in [-0.1, -0.05) is 12.1 Å². The Kier molecular flexibility index (Phi) is 1.96. The zero-order chi connectivity index (χ0) is 10.1. The quantitative estimate of drug-likeness (QED) is 0.679. The summed E-state index contributed by atoms with van der Waals surface area (Å²) in [4.78, 5) is 17.3. The summed E-state index contributed by atoms with van der Waals surface area (Å²) in [6, 6.07) is 7.45. The number of hydrogen-bond acceptors (Lipinski definition) is 4. The third-order valence-corrected chi connectivity index (χ3v) is 1.91.